The highest BCUT2D eigenvalue weighted by Gasteiger charge is 2.11. The molecule has 6 nitrogen and oxygen atoms in total. The van der Waals surface area contributed by atoms with E-state index in [0.717, 1.165) is 18.5 Å². The van der Waals surface area contributed by atoms with Gasteiger partial charge < -0.3 is 5.32 Å². The van der Waals surface area contributed by atoms with Crippen molar-refractivity contribution in [2.75, 3.05) is 5.75 Å². The van der Waals surface area contributed by atoms with E-state index in [2.05, 4.69) is 46.3 Å². The first-order chi connectivity index (χ1) is 11.5. The summed E-state index contributed by atoms with van der Waals surface area (Å²) in [4.78, 5) is 20.6. The summed E-state index contributed by atoms with van der Waals surface area (Å²) in [6.45, 7) is 6.49. The lowest BCUT2D eigenvalue weighted by Gasteiger charge is -2.14. The molecular weight excluding hydrogens is 322 g/mol. The van der Waals surface area contributed by atoms with Gasteiger partial charge in [-0.25, -0.2) is 0 Å². The smallest absolute Gasteiger partial charge is 0.230 e. The van der Waals surface area contributed by atoms with Crippen LogP contribution in [-0.4, -0.2) is 37.9 Å². The van der Waals surface area contributed by atoms with Gasteiger partial charge in [0.25, 0.3) is 0 Å². The summed E-state index contributed by atoms with van der Waals surface area (Å²) in [5.74, 6) is 1.65. The van der Waals surface area contributed by atoms with Gasteiger partial charge in [0.1, 0.15) is 5.69 Å². The minimum Gasteiger partial charge on any atom is -0.353 e. The highest BCUT2D eigenvalue weighted by Crippen LogP contribution is 2.17. The standard InChI is InChI=1S/C17H25N5OS/c1-12(2)7-6-8-13(3)19-15(23)11-24-17-20-16(21-22-17)14-9-4-5-10-18-14/h4-5,9-10,12-13H,6-8,11H2,1-3H3,(H,19,23)(H,20,21,22). The molecule has 7 heteroatoms. The largest absolute Gasteiger partial charge is 0.353 e. The molecule has 2 heterocycles. The minimum atomic E-state index is 0.0150. The zero-order valence-corrected chi connectivity index (χ0v) is 15.3. The van der Waals surface area contributed by atoms with Crippen molar-refractivity contribution in [2.45, 2.75) is 51.2 Å². The molecule has 1 atom stereocenters. The van der Waals surface area contributed by atoms with E-state index < -0.39 is 0 Å². The Morgan fingerprint density at radius 2 is 2.12 bits per heavy atom. The fraction of sp³-hybridized carbons (Fsp3) is 0.529. The van der Waals surface area contributed by atoms with Crippen molar-refractivity contribution in [2.24, 2.45) is 5.92 Å². The molecule has 0 bridgehead atoms. The third-order valence-electron chi connectivity index (χ3n) is 3.53. The summed E-state index contributed by atoms with van der Waals surface area (Å²) < 4.78 is 0. The van der Waals surface area contributed by atoms with Crippen molar-refractivity contribution in [3.8, 4) is 11.5 Å². The van der Waals surface area contributed by atoms with Crippen molar-refractivity contribution in [3.05, 3.63) is 24.4 Å². The summed E-state index contributed by atoms with van der Waals surface area (Å²) in [6, 6.07) is 5.81. The van der Waals surface area contributed by atoms with Gasteiger partial charge in [-0.1, -0.05) is 44.5 Å². The number of aromatic amines is 1. The molecule has 24 heavy (non-hydrogen) atoms. The lowest BCUT2D eigenvalue weighted by molar-refractivity contribution is -0.119. The van der Waals surface area contributed by atoms with Gasteiger partial charge in [-0.15, -0.1) is 5.10 Å². The fourth-order valence-corrected chi connectivity index (χ4v) is 2.89. The number of thioether (sulfide) groups is 1. The number of pyridine rings is 1. The van der Waals surface area contributed by atoms with Gasteiger partial charge in [-0.2, -0.15) is 4.98 Å². The summed E-state index contributed by atoms with van der Waals surface area (Å²) in [6.07, 6.45) is 5.06. The van der Waals surface area contributed by atoms with Gasteiger partial charge in [0.2, 0.25) is 11.1 Å². The van der Waals surface area contributed by atoms with E-state index in [0.29, 0.717) is 22.7 Å². The van der Waals surface area contributed by atoms with Crippen molar-refractivity contribution < 1.29 is 4.79 Å². The molecule has 0 fully saturated rings. The highest BCUT2D eigenvalue weighted by molar-refractivity contribution is 7.99. The van der Waals surface area contributed by atoms with Crippen molar-refractivity contribution in [1.82, 2.24) is 25.5 Å². The van der Waals surface area contributed by atoms with E-state index in [-0.39, 0.29) is 11.9 Å². The Labute approximate surface area is 147 Å². The van der Waals surface area contributed by atoms with Crippen LogP contribution in [0.4, 0.5) is 0 Å². The quantitative estimate of drug-likeness (QED) is 0.680. The first kappa shape index (κ1) is 18.4. The molecule has 0 saturated carbocycles. The van der Waals surface area contributed by atoms with Crippen LogP contribution in [0.5, 0.6) is 0 Å². The molecule has 2 rings (SSSR count). The number of H-pyrrole nitrogens is 1. The lowest BCUT2D eigenvalue weighted by atomic mass is 10.0. The summed E-state index contributed by atoms with van der Waals surface area (Å²) in [5.41, 5.74) is 0.736. The molecule has 1 unspecified atom stereocenters. The Kier molecular flexibility index (Phi) is 7.24. The Morgan fingerprint density at radius 3 is 2.83 bits per heavy atom. The summed E-state index contributed by atoms with van der Waals surface area (Å²) >= 11 is 1.32. The molecule has 0 radical (unpaired) electrons. The van der Waals surface area contributed by atoms with Crippen LogP contribution in [-0.2, 0) is 4.79 Å². The molecule has 1 amide bonds. The van der Waals surface area contributed by atoms with Crippen LogP contribution < -0.4 is 5.32 Å². The van der Waals surface area contributed by atoms with Crippen molar-refractivity contribution in [1.29, 1.82) is 0 Å². The van der Waals surface area contributed by atoms with Crippen LogP contribution in [0.1, 0.15) is 40.0 Å². The average Bonchev–Trinajstić information content (AvgIpc) is 3.02. The van der Waals surface area contributed by atoms with Crippen LogP contribution in [0.15, 0.2) is 29.6 Å². The Bertz CT molecular complexity index is 629. The Hall–Kier alpha value is -1.89. The normalized spacial score (nSPS) is 12.3. The van der Waals surface area contributed by atoms with Gasteiger partial charge in [-0.05, 0) is 31.4 Å². The molecule has 2 aromatic heterocycles. The monoisotopic (exact) mass is 347 g/mol. The highest BCUT2D eigenvalue weighted by atomic mass is 32.2. The number of nitrogens with zero attached hydrogens (tertiary/aromatic N) is 3. The molecule has 0 spiro atoms. The first-order valence-electron chi connectivity index (χ1n) is 8.30. The maximum Gasteiger partial charge on any atom is 0.230 e. The molecular formula is C17H25N5OS. The van der Waals surface area contributed by atoms with E-state index in [1.54, 1.807) is 6.20 Å². The lowest BCUT2D eigenvalue weighted by Crippen LogP contribution is -2.33. The SMILES string of the molecule is CC(C)CCCC(C)NC(=O)CSc1n[nH]c(-c2ccccn2)n1. The number of hydrogen-bond acceptors (Lipinski definition) is 5. The maximum atomic E-state index is 12.0. The summed E-state index contributed by atoms with van der Waals surface area (Å²) in [7, 11) is 0. The van der Waals surface area contributed by atoms with Crippen LogP contribution in [0.25, 0.3) is 11.5 Å². The second-order valence-electron chi connectivity index (χ2n) is 6.26. The van der Waals surface area contributed by atoms with E-state index in [1.165, 1.54) is 18.2 Å². The molecule has 0 aliphatic heterocycles. The number of nitrogens with one attached hydrogen (secondary N) is 2. The molecule has 0 aliphatic rings. The minimum absolute atomic E-state index is 0.0150. The predicted octanol–water partition coefficient (Wildman–Crippen LogP) is 3.29. The van der Waals surface area contributed by atoms with Gasteiger partial charge in [0, 0.05) is 12.2 Å². The van der Waals surface area contributed by atoms with Crippen LogP contribution in [0.2, 0.25) is 0 Å². The molecule has 0 aromatic carbocycles. The zero-order valence-electron chi connectivity index (χ0n) is 14.5. The Balaban J connectivity index is 1.73. The van der Waals surface area contributed by atoms with Crippen molar-refractivity contribution >= 4 is 17.7 Å². The molecule has 0 aliphatic carbocycles. The van der Waals surface area contributed by atoms with Crippen LogP contribution in [0, 0.1) is 5.92 Å². The second-order valence-corrected chi connectivity index (χ2v) is 7.21. The third-order valence-corrected chi connectivity index (χ3v) is 4.38. The number of amides is 1. The molecule has 130 valence electrons. The predicted molar refractivity (Wildman–Crippen MR) is 96.6 cm³/mol. The van der Waals surface area contributed by atoms with E-state index in [1.807, 2.05) is 18.2 Å². The molecule has 0 saturated heterocycles. The fourth-order valence-electron chi connectivity index (χ4n) is 2.28. The second kappa shape index (κ2) is 9.42. The average molecular weight is 347 g/mol. The number of aromatic nitrogens is 4. The maximum absolute atomic E-state index is 12.0. The summed E-state index contributed by atoms with van der Waals surface area (Å²) in [5, 5.41) is 10.5. The third kappa shape index (κ3) is 6.31. The van der Waals surface area contributed by atoms with Crippen LogP contribution in [0.3, 0.4) is 0 Å². The number of rotatable bonds is 9. The van der Waals surface area contributed by atoms with Gasteiger partial charge in [0.05, 0.1) is 5.75 Å². The van der Waals surface area contributed by atoms with Gasteiger partial charge in [0.15, 0.2) is 5.82 Å². The van der Waals surface area contributed by atoms with Gasteiger partial charge in [-0.3, -0.25) is 14.9 Å². The van der Waals surface area contributed by atoms with E-state index >= 15 is 0 Å². The Morgan fingerprint density at radius 1 is 1.29 bits per heavy atom. The van der Waals surface area contributed by atoms with Crippen molar-refractivity contribution in [3.63, 3.8) is 0 Å². The molecule has 2 aromatic rings. The number of carbonyl (C=O) groups excluding carboxylic acids is 1. The number of carbonyl (C=O) groups is 1. The van der Waals surface area contributed by atoms with Crippen LogP contribution >= 0.6 is 11.8 Å². The molecule has 2 N–H and O–H groups in total. The van der Waals surface area contributed by atoms with Gasteiger partial charge >= 0.3 is 0 Å². The first-order valence-corrected chi connectivity index (χ1v) is 9.29. The van der Waals surface area contributed by atoms with E-state index in [4.69, 9.17) is 0 Å². The zero-order chi connectivity index (χ0) is 17.4. The topological polar surface area (TPSA) is 83.6 Å². The van der Waals surface area contributed by atoms with E-state index in [9.17, 15) is 4.79 Å². The number of hydrogen-bond donors (Lipinski definition) is 2.